The highest BCUT2D eigenvalue weighted by Crippen LogP contribution is 2.19. The van der Waals surface area contributed by atoms with Gasteiger partial charge < -0.3 is 10.5 Å². The predicted molar refractivity (Wildman–Crippen MR) is 102 cm³/mol. The van der Waals surface area contributed by atoms with Crippen LogP contribution in [0, 0.1) is 0 Å². The maximum Gasteiger partial charge on any atom is 0.182 e. The summed E-state index contributed by atoms with van der Waals surface area (Å²) in [5.41, 5.74) is 8.15. The Kier molecular flexibility index (Phi) is 5.96. The molecule has 2 N–H and O–H groups in total. The third-order valence-corrected chi connectivity index (χ3v) is 4.34. The summed E-state index contributed by atoms with van der Waals surface area (Å²) in [6, 6.07) is 11.9. The quantitative estimate of drug-likeness (QED) is 0.674. The molecule has 2 aromatic heterocycles. The minimum Gasteiger partial charge on any atom is -0.489 e. The second-order valence-corrected chi connectivity index (χ2v) is 6.29. The minimum absolute atomic E-state index is 0.0267. The first kappa shape index (κ1) is 18.1. The van der Waals surface area contributed by atoms with Gasteiger partial charge in [-0.25, -0.2) is 9.67 Å². The molecule has 3 aromatic rings. The molecule has 0 saturated carbocycles. The van der Waals surface area contributed by atoms with Crippen molar-refractivity contribution in [3.05, 3.63) is 60.7 Å². The number of nitrogens with two attached hydrogens (primary N) is 1. The fourth-order valence-electron chi connectivity index (χ4n) is 2.81. The molecule has 0 fully saturated rings. The van der Waals surface area contributed by atoms with E-state index in [9.17, 15) is 0 Å². The second-order valence-electron chi connectivity index (χ2n) is 6.29. The lowest BCUT2D eigenvalue weighted by atomic mass is 10.1. The van der Waals surface area contributed by atoms with E-state index >= 15 is 0 Å². The minimum atomic E-state index is 0.0267. The molecule has 3 rings (SSSR count). The molecule has 136 valence electrons. The monoisotopic (exact) mass is 351 g/mol. The van der Waals surface area contributed by atoms with Gasteiger partial charge in [0.15, 0.2) is 5.82 Å². The van der Waals surface area contributed by atoms with Gasteiger partial charge in [0.2, 0.25) is 0 Å². The van der Waals surface area contributed by atoms with Gasteiger partial charge in [0.1, 0.15) is 18.2 Å². The summed E-state index contributed by atoms with van der Waals surface area (Å²) in [4.78, 5) is 8.47. The lowest BCUT2D eigenvalue weighted by Crippen LogP contribution is -2.37. The van der Waals surface area contributed by atoms with Crippen LogP contribution < -0.4 is 10.5 Å². The molecule has 0 aliphatic heterocycles. The molecule has 0 aliphatic carbocycles. The summed E-state index contributed by atoms with van der Waals surface area (Å²) in [5, 5.41) is 4.53. The van der Waals surface area contributed by atoms with Crippen LogP contribution >= 0.6 is 0 Å². The SMILES string of the molecule is CCC(N)C(CC)Oc1cccc(Cn2cnc(-c3cccnc3)n2)c1. The summed E-state index contributed by atoms with van der Waals surface area (Å²) in [7, 11) is 0. The summed E-state index contributed by atoms with van der Waals surface area (Å²) in [6.45, 7) is 4.80. The van der Waals surface area contributed by atoms with Gasteiger partial charge in [-0.1, -0.05) is 26.0 Å². The molecule has 6 nitrogen and oxygen atoms in total. The highest BCUT2D eigenvalue weighted by atomic mass is 16.5. The molecular formula is C20H25N5O. The van der Waals surface area contributed by atoms with Crippen molar-refractivity contribution in [2.75, 3.05) is 0 Å². The molecule has 6 heteroatoms. The lowest BCUT2D eigenvalue weighted by Gasteiger charge is -2.23. The van der Waals surface area contributed by atoms with E-state index in [1.807, 2.05) is 35.0 Å². The van der Waals surface area contributed by atoms with E-state index in [0.717, 1.165) is 29.7 Å². The number of nitrogens with zero attached hydrogens (tertiary/aromatic N) is 4. The smallest absolute Gasteiger partial charge is 0.182 e. The summed E-state index contributed by atoms with van der Waals surface area (Å²) >= 11 is 0. The number of aromatic nitrogens is 4. The van der Waals surface area contributed by atoms with Crippen molar-refractivity contribution in [2.24, 2.45) is 5.73 Å². The molecule has 2 atom stereocenters. The molecular weight excluding hydrogens is 326 g/mol. The fraction of sp³-hybridized carbons (Fsp3) is 0.350. The van der Waals surface area contributed by atoms with Crippen molar-refractivity contribution >= 4 is 0 Å². The van der Waals surface area contributed by atoms with E-state index in [1.165, 1.54) is 0 Å². The van der Waals surface area contributed by atoms with E-state index < -0.39 is 0 Å². The molecule has 26 heavy (non-hydrogen) atoms. The zero-order chi connectivity index (χ0) is 18.4. The van der Waals surface area contributed by atoms with Gasteiger partial charge in [-0.2, -0.15) is 5.10 Å². The molecule has 0 aliphatic rings. The Balaban J connectivity index is 1.70. The Bertz CT molecular complexity index is 818. The maximum atomic E-state index is 6.14. The van der Waals surface area contributed by atoms with E-state index in [4.69, 9.17) is 10.5 Å². The topological polar surface area (TPSA) is 78.9 Å². The first-order valence-electron chi connectivity index (χ1n) is 9.00. The fourth-order valence-corrected chi connectivity index (χ4v) is 2.81. The normalized spacial score (nSPS) is 13.3. The number of hydrogen-bond donors (Lipinski definition) is 1. The third kappa shape index (κ3) is 4.46. The standard InChI is InChI=1S/C20H25N5O/c1-3-18(21)19(4-2)26-17-9-5-7-15(11-17)13-25-14-23-20(24-25)16-8-6-10-22-12-16/h5-12,14,18-19H,3-4,13,21H2,1-2H3. The van der Waals surface area contributed by atoms with Gasteiger partial charge in [0, 0.05) is 24.0 Å². The molecule has 0 amide bonds. The van der Waals surface area contributed by atoms with Gasteiger partial charge >= 0.3 is 0 Å². The highest BCUT2D eigenvalue weighted by Gasteiger charge is 2.16. The third-order valence-electron chi connectivity index (χ3n) is 4.34. The first-order chi connectivity index (χ1) is 12.7. The molecule has 0 spiro atoms. The average molecular weight is 351 g/mol. The van der Waals surface area contributed by atoms with Crippen molar-refractivity contribution in [2.45, 2.75) is 45.4 Å². The molecule has 0 radical (unpaired) electrons. The molecule has 2 unspecified atom stereocenters. The van der Waals surface area contributed by atoms with Gasteiger partial charge in [-0.3, -0.25) is 4.98 Å². The van der Waals surface area contributed by atoms with Gasteiger partial charge in [0.05, 0.1) is 6.54 Å². The Morgan fingerprint density at radius 1 is 1.15 bits per heavy atom. The Labute approximate surface area is 154 Å². The van der Waals surface area contributed by atoms with Crippen molar-refractivity contribution in [3.63, 3.8) is 0 Å². The van der Waals surface area contributed by atoms with Crippen LogP contribution in [0.4, 0.5) is 0 Å². The van der Waals surface area contributed by atoms with Gasteiger partial charge in [-0.05, 0) is 42.7 Å². The van der Waals surface area contributed by atoms with E-state index in [1.54, 1.807) is 18.7 Å². The number of ether oxygens (including phenoxy) is 1. The number of benzene rings is 1. The van der Waals surface area contributed by atoms with Crippen LogP contribution in [0.5, 0.6) is 5.75 Å². The van der Waals surface area contributed by atoms with Crippen LogP contribution in [0.2, 0.25) is 0 Å². The number of hydrogen-bond acceptors (Lipinski definition) is 5. The summed E-state index contributed by atoms with van der Waals surface area (Å²) < 4.78 is 7.91. The zero-order valence-corrected chi connectivity index (χ0v) is 15.2. The predicted octanol–water partition coefficient (Wildman–Crippen LogP) is 3.28. The van der Waals surface area contributed by atoms with Crippen LogP contribution in [-0.2, 0) is 6.54 Å². The Morgan fingerprint density at radius 3 is 2.77 bits per heavy atom. The van der Waals surface area contributed by atoms with Crippen molar-refractivity contribution in [1.82, 2.24) is 19.7 Å². The first-order valence-corrected chi connectivity index (χ1v) is 9.00. The number of rotatable bonds is 8. The van der Waals surface area contributed by atoms with Crippen LogP contribution in [0.15, 0.2) is 55.1 Å². The molecule has 0 bridgehead atoms. The molecule has 2 heterocycles. The highest BCUT2D eigenvalue weighted by molar-refractivity contribution is 5.51. The summed E-state index contributed by atoms with van der Waals surface area (Å²) in [6.07, 6.45) is 7.04. The van der Waals surface area contributed by atoms with Crippen LogP contribution in [0.25, 0.3) is 11.4 Å². The van der Waals surface area contributed by atoms with Crippen LogP contribution in [0.3, 0.4) is 0 Å². The zero-order valence-electron chi connectivity index (χ0n) is 15.2. The van der Waals surface area contributed by atoms with E-state index in [0.29, 0.717) is 12.4 Å². The van der Waals surface area contributed by atoms with Gasteiger partial charge in [-0.15, -0.1) is 0 Å². The van der Waals surface area contributed by atoms with Gasteiger partial charge in [0.25, 0.3) is 0 Å². The largest absolute Gasteiger partial charge is 0.489 e. The molecule has 1 aromatic carbocycles. The molecule has 0 saturated heterocycles. The maximum absolute atomic E-state index is 6.14. The Hall–Kier alpha value is -2.73. The van der Waals surface area contributed by atoms with E-state index in [2.05, 4.69) is 35.0 Å². The summed E-state index contributed by atoms with van der Waals surface area (Å²) in [5.74, 6) is 1.51. The average Bonchev–Trinajstić information content (AvgIpc) is 3.15. The van der Waals surface area contributed by atoms with Crippen molar-refractivity contribution in [1.29, 1.82) is 0 Å². The van der Waals surface area contributed by atoms with Crippen LogP contribution in [-0.4, -0.2) is 31.9 Å². The van der Waals surface area contributed by atoms with E-state index in [-0.39, 0.29) is 12.1 Å². The number of pyridine rings is 1. The van der Waals surface area contributed by atoms with Crippen molar-refractivity contribution < 1.29 is 4.74 Å². The van der Waals surface area contributed by atoms with Crippen LogP contribution in [0.1, 0.15) is 32.3 Å². The Morgan fingerprint density at radius 2 is 2.04 bits per heavy atom. The lowest BCUT2D eigenvalue weighted by molar-refractivity contribution is 0.164. The van der Waals surface area contributed by atoms with Crippen molar-refractivity contribution in [3.8, 4) is 17.1 Å². The second kappa shape index (κ2) is 8.58.